The maximum atomic E-state index is 9.05. The molecule has 1 nitrogen and oxygen atoms in total. The Balaban J connectivity index is 2.68. The molecule has 0 aliphatic rings. The lowest BCUT2D eigenvalue weighted by Crippen LogP contribution is -1.87. The van der Waals surface area contributed by atoms with E-state index in [4.69, 9.17) is 16.9 Å². The minimum Gasteiger partial charge on any atom is -0.192 e. The first-order chi connectivity index (χ1) is 7.72. The predicted molar refractivity (Wildman–Crippen MR) is 74.3 cm³/mol. The van der Waals surface area contributed by atoms with Crippen LogP contribution in [0, 0.1) is 14.9 Å². The average molecular weight is 340 g/mol. The van der Waals surface area contributed by atoms with E-state index in [1.807, 2.05) is 42.5 Å². The van der Waals surface area contributed by atoms with Gasteiger partial charge in [0.25, 0.3) is 0 Å². The van der Waals surface area contributed by atoms with Crippen molar-refractivity contribution in [2.45, 2.75) is 0 Å². The van der Waals surface area contributed by atoms with Crippen LogP contribution < -0.4 is 0 Å². The molecule has 0 N–H and O–H groups in total. The van der Waals surface area contributed by atoms with Crippen LogP contribution in [0.2, 0.25) is 5.02 Å². The summed E-state index contributed by atoms with van der Waals surface area (Å²) in [6.07, 6.45) is 0. The molecule has 0 aliphatic heterocycles. The third-order valence-electron chi connectivity index (χ3n) is 2.27. The number of nitriles is 1. The van der Waals surface area contributed by atoms with Gasteiger partial charge < -0.3 is 0 Å². The van der Waals surface area contributed by atoms with E-state index >= 15 is 0 Å². The van der Waals surface area contributed by atoms with Crippen LogP contribution in [-0.2, 0) is 0 Å². The zero-order valence-electron chi connectivity index (χ0n) is 8.24. The number of nitrogens with zero attached hydrogens (tertiary/aromatic N) is 1. The first-order valence-electron chi connectivity index (χ1n) is 4.67. The Morgan fingerprint density at radius 1 is 1.06 bits per heavy atom. The quantitative estimate of drug-likeness (QED) is 0.703. The molecule has 78 valence electrons. The Bertz CT molecular complexity index is 572. The Kier molecular flexibility index (Phi) is 3.47. The second-order valence-corrected chi connectivity index (χ2v) is 4.88. The molecule has 0 aliphatic carbocycles. The first kappa shape index (κ1) is 11.4. The first-order valence-corrected chi connectivity index (χ1v) is 6.12. The van der Waals surface area contributed by atoms with Crippen molar-refractivity contribution in [3.05, 3.63) is 56.6 Å². The zero-order chi connectivity index (χ0) is 11.5. The van der Waals surface area contributed by atoms with Crippen molar-refractivity contribution >= 4 is 34.2 Å². The number of hydrogen-bond acceptors (Lipinski definition) is 1. The van der Waals surface area contributed by atoms with Gasteiger partial charge in [0.05, 0.1) is 11.6 Å². The molecular formula is C13H7ClIN. The van der Waals surface area contributed by atoms with Gasteiger partial charge in [-0.25, -0.2) is 0 Å². The fourth-order valence-electron chi connectivity index (χ4n) is 1.52. The monoisotopic (exact) mass is 339 g/mol. The molecule has 16 heavy (non-hydrogen) atoms. The minimum absolute atomic E-state index is 0.669. The van der Waals surface area contributed by atoms with E-state index in [0.717, 1.165) is 14.7 Å². The largest absolute Gasteiger partial charge is 0.192 e. The van der Waals surface area contributed by atoms with Crippen LogP contribution in [0.4, 0.5) is 0 Å². The Hall–Kier alpha value is -1.05. The van der Waals surface area contributed by atoms with E-state index in [-0.39, 0.29) is 0 Å². The minimum atomic E-state index is 0.669. The predicted octanol–water partition coefficient (Wildman–Crippen LogP) is 4.48. The molecule has 0 unspecified atom stereocenters. The summed E-state index contributed by atoms with van der Waals surface area (Å²) in [5.74, 6) is 0. The number of benzene rings is 2. The molecule has 0 saturated heterocycles. The van der Waals surface area contributed by atoms with Crippen LogP contribution in [0.1, 0.15) is 5.56 Å². The van der Waals surface area contributed by atoms with Gasteiger partial charge in [0.2, 0.25) is 0 Å². The molecule has 2 aromatic carbocycles. The van der Waals surface area contributed by atoms with Gasteiger partial charge in [0.1, 0.15) is 0 Å². The van der Waals surface area contributed by atoms with Crippen LogP contribution in [-0.4, -0.2) is 0 Å². The fourth-order valence-corrected chi connectivity index (χ4v) is 2.32. The molecule has 2 rings (SSSR count). The van der Waals surface area contributed by atoms with E-state index in [9.17, 15) is 0 Å². The van der Waals surface area contributed by atoms with Crippen molar-refractivity contribution in [2.24, 2.45) is 0 Å². The number of halogens is 2. The molecule has 0 fully saturated rings. The van der Waals surface area contributed by atoms with Gasteiger partial charge >= 0.3 is 0 Å². The molecule has 0 spiro atoms. The summed E-state index contributed by atoms with van der Waals surface area (Å²) in [4.78, 5) is 0. The van der Waals surface area contributed by atoms with Crippen LogP contribution >= 0.6 is 34.2 Å². The molecule has 0 bridgehead atoms. The van der Waals surface area contributed by atoms with Gasteiger partial charge in [0, 0.05) is 14.2 Å². The van der Waals surface area contributed by atoms with Gasteiger partial charge in [-0.1, -0.05) is 29.8 Å². The van der Waals surface area contributed by atoms with Crippen molar-refractivity contribution in [3.8, 4) is 17.2 Å². The summed E-state index contributed by atoms with van der Waals surface area (Å²) in [6, 6.07) is 15.4. The zero-order valence-corrected chi connectivity index (χ0v) is 11.2. The van der Waals surface area contributed by atoms with Crippen LogP contribution in [0.15, 0.2) is 42.5 Å². The molecule has 0 saturated carbocycles. The topological polar surface area (TPSA) is 23.8 Å². The Labute approximate surface area is 113 Å². The van der Waals surface area contributed by atoms with Crippen LogP contribution in [0.25, 0.3) is 11.1 Å². The van der Waals surface area contributed by atoms with E-state index < -0.39 is 0 Å². The summed E-state index contributed by atoms with van der Waals surface area (Å²) >= 11 is 8.22. The van der Waals surface area contributed by atoms with E-state index in [0.29, 0.717) is 10.6 Å². The van der Waals surface area contributed by atoms with Gasteiger partial charge in [-0.05, 0) is 52.4 Å². The Morgan fingerprint density at radius 3 is 2.56 bits per heavy atom. The second kappa shape index (κ2) is 4.86. The SMILES string of the molecule is N#Cc1ccccc1-c1cc(Cl)ccc1I. The third kappa shape index (κ3) is 2.21. The van der Waals surface area contributed by atoms with E-state index in [1.165, 1.54) is 0 Å². The van der Waals surface area contributed by atoms with Crippen molar-refractivity contribution in [1.29, 1.82) is 5.26 Å². The second-order valence-electron chi connectivity index (χ2n) is 3.28. The number of hydrogen-bond donors (Lipinski definition) is 0. The molecule has 0 aromatic heterocycles. The highest BCUT2D eigenvalue weighted by atomic mass is 127. The highest BCUT2D eigenvalue weighted by molar-refractivity contribution is 14.1. The molecule has 3 heteroatoms. The van der Waals surface area contributed by atoms with Crippen LogP contribution in [0.5, 0.6) is 0 Å². The van der Waals surface area contributed by atoms with Gasteiger partial charge in [-0.3, -0.25) is 0 Å². The standard InChI is InChI=1S/C13H7ClIN/c14-10-5-6-13(15)12(7-10)11-4-2-1-3-9(11)8-16/h1-7H. The summed E-state index contributed by atoms with van der Waals surface area (Å²) in [5, 5.41) is 9.74. The lowest BCUT2D eigenvalue weighted by Gasteiger charge is -2.07. The summed E-state index contributed by atoms with van der Waals surface area (Å²) in [7, 11) is 0. The fraction of sp³-hybridized carbons (Fsp3) is 0. The van der Waals surface area contributed by atoms with Crippen LogP contribution in [0.3, 0.4) is 0 Å². The lowest BCUT2D eigenvalue weighted by molar-refractivity contribution is 1.47. The maximum Gasteiger partial charge on any atom is 0.0998 e. The smallest absolute Gasteiger partial charge is 0.0998 e. The van der Waals surface area contributed by atoms with Crippen molar-refractivity contribution < 1.29 is 0 Å². The highest BCUT2D eigenvalue weighted by Crippen LogP contribution is 2.30. The Morgan fingerprint density at radius 2 is 1.81 bits per heavy atom. The van der Waals surface area contributed by atoms with Gasteiger partial charge in [0.15, 0.2) is 0 Å². The molecule has 2 aromatic rings. The third-order valence-corrected chi connectivity index (χ3v) is 3.44. The molecule has 0 atom stereocenters. The summed E-state index contributed by atoms with van der Waals surface area (Å²) in [6.45, 7) is 0. The molecular weight excluding hydrogens is 333 g/mol. The lowest BCUT2D eigenvalue weighted by atomic mass is 10.0. The maximum absolute atomic E-state index is 9.05. The molecule has 0 amide bonds. The molecule has 0 radical (unpaired) electrons. The molecule has 0 heterocycles. The average Bonchev–Trinajstić information content (AvgIpc) is 2.32. The van der Waals surface area contributed by atoms with E-state index in [2.05, 4.69) is 28.7 Å². The highest BCUT2D eigenvalue weighted by Gasteiger charge is 2.07. The van der Waals surface area contributed by atoms with Crippen molar-refractivity contribution in [1.82, 2.24) is 0 Å². The summed E-state index contributed by atoms with van der Waals surface area (Å²) in [5.41, 5.74) is 2.60. The van der Waals surface area contributed by atoms with Gasteiger partial charge in [-0.2, -0.15) is 5.26 Å². The number of rotatable bonds is 1. The van der Waals surface area contributed by atoms with E-state index in [1.54, 1.807) is 0 Å². The van der Waals surface area contributed by atoms with Gasteiger partial charge in [-0.15, -0.1) is 0 Å². The normalized spacial score (nSPS) is 9.81. The van der Waals surface area contributed by atoms with Crippen molar-refractivity contribution in [3.63, 3.8) is 0 Å². The summed E-state index contributed by atoms with van der Waals surface area (Å²) < 4.78 is 1.09. The van der Waals surface area contributed by atoms with Crippen molar-refractivity contribution in [2.75, 3.05) is 0 Å².